The van der Waals surface area contributed by atoms with Crippen molar-refractivity contribution < 1.29 is 28.8 Å². The summed E-state index contributed by atoms with van der Waals surface area (Å²) in [5.41, 5.74) is 19.0. The minimum atomic E-state index is -0.706. The van der Waals surface area contributed by atoms with Gasteiger partial charge in [0.05, 0.1) is 24.7 Å². The molecule has 2 aromatic carbocycles. The van der Waals surface area contributed by atoms with Crippen LogP contribution >= 0.6 is 0 Å². The molecule has 12 heteroatoms. The average molecular weight is 815 g/mol. The molecule has 0 fully saturated rings. The van der Waals surface area contributed by atoms with E-state index >= 15 is 0 Å². The van der Waals surface area contributed by atoms with Crippen LogP contribution in [0.1, 0.15) is 120 Å². The van der Waals surface area contributed by atoms with Gasteiger partial charge < -0.3 is 32.2 Å². The number of ether oxygens (including phenoxy) is 1. The molecule has 8 N–H and O–H groups in total. The summed E-state index contributed by atoms with van der Waals surface area (Å²) in [6.45, 7) is 33.7. The number of carbonyl (C=O) groups is 4. The lowest BCUT2D eigenvalue weighted by Crippen LogP contribution is -2.50. The van der Waals surface area contributed by atoms with Crippen LogP contribution in [-0.2, 0) is 35.4 Å². The summed E-state index contributed by atoms with van der Waals surface area (Å²) >= 11 is 0. The van der Waals surface area contributed by atoms with E-state index in [9.17, 15) is 19.2 Å². The number of carbonyl (C=O) groups excluding carboxylic acids is 4. The summed E-state index contributed by atoms with van der Waals surface area (Å²) in [5, 5.41) is 8.06. The standard InChI is InChI=1S/C16H24N4O4.C10H22N2O2.C9H16.C7H8.2C2H6/c1-10(2)14(17)16(23)19-11(3)15(22)20-13-6-4-12(5-7-13)8-24-18-9-21;1-5-8(11)9(14-4)7(3)10(13)12-6-2;1-8(2)6-5-7-9(3)4;1-7-5-3-2-4-6-7;2*1-2/h4-7,9-11,14H,8,17H2,1-3H3,(H,18,21)(H,19,23)(H,20,22);7-9H,5-6,11H2,1-4H3,(H,12,13);1,3,5-7H2,2,4H3;2-6H,1H3;2*1-2H3/t11-,14?;;;;;/m1...../s1. The Hall–Kier alpha value is -4.36. The van der Waals surface area contributed by atoms with Gasteiger partial charge in [-0.2, -0.15) is 0 Å². The number of nitrogens with one attached hydrogen (secondary N) is 4. The van der Waals surface area contributed by atoms with E-state index in [2.05, 4.69) is 67.5 Å². The smallest absolute Gasteiger partial charge is 0.246 e. The Bertz CT molecular complexity index is 1340. The highest BCUT2D eigenvalue weighted by Crippen LogP contribution is 2.13. The van der Waals surface area contributed by atoms with E-state index in [1.807, 2.05) is 80.5 Å². The molecular formula is C46H82N6O6. The zero-order valence-electron chi connectivity index (χ0n) is 38.5. The number of nitrogens with two attached hydrogens (primary N) is 2. The van der Waals surface area contributed by atoms with E-state index in [1.54, 1.807) is 38.3 Å². The Morgan fingerprint density at radius 3 is 1.71 bits per heavy atom. The number of methoxy groups -OCH3 is 1. The largest absolute Gasteiger partial charge is 0.379 e. The van der Waals surface area contributed by atoms with Crippen LogP contribution < -0.4 is 32.9 Å². The quantitative estimate of drug-likeness (QED) is 0.0355. The molecule has 4 amide bonds. The second-order valence-electron chi connectivity index (χ2n) is 13.6. The van der Waals surface area contributed by atoms with Crippen molar-refractivity contribution in [1.29, 1.82) is 0 Å². The van der Waals surface area contributed by atoms with Gasteiger partial charge in [0.25, 0.3) is 0 Å². The van der Waals surface area contributed by atoms with E-state index in [1.165, 1.54) is 23.1 Å². The number of anilines is 1. The molecule has 332 valence electrons. The summed E-state index contributed by atoms with van der Waals surface area (Å²) in [7, 11) is 1.59. The van der Waals surface area contributed by atoms with Gasteiger partial charge in [0.2, 0.25) is 24.1 Å². The SMILES string of the molecule is C=C(C)CCCC(=C)C.CC.CC.CC(C)C(N)C(=O)N[C@H](C)C(=O)Nc1ccc(CONC=O)cc1.CCNC(=O)C(C)C(OC)C(N)CC.Cc1ccccc1. The molecule has 0 bridgehead atoms. The molecule has 2 rings (SSSR count). The van der Waals surface area contributed by atoms with Crippen molar-refractivity contribution in [2.24, 2.45) is 23.3 Å². The first-order chi connectivity index (χ1) is 27.4. The van der Waals surface area contributed by atoms with Gasteiger partial charge in [-0.3, -0.25) is 24.0 Å². The molecule has 0 aliphatic heterocycles. The van der Waals surface area contributed by atoms with E-state index in [0.717, 1.165) is 24.8 Å². The number of aryl methyl sites for hydroxylation is 1. The molecule has 58 heavy (non-hydrogen) atoms. The van der Waals surface area contributed by atoms with Crippen molar-refractivity contribution in [3.8, 4) is 0 Å². The summed E-state index contributed by atoms with van der Waals surface area (Å²) < 4.78 is 5.25. The minimum absolute atomic E-state index is 0.00301. The number of hydroxylamine groups is 1. The molecule has 5 atom stereocenters. The fraction of sp³-hybridized carbons (Fsp3) is 0.565. The third-order valence-electron chi connectivity index (χ3n) is 7.94. The van der Waals surface area contributed by atoms with Gasteiger partial charge in [0.1, 0.15) is 6.04 Å². The molecule has 0 aliphatic rings. The summed E-state index contributed by atoms with van der Waals surface area (Å²) in [4.78, 5) is 50.4. The number of amides is 4. The minimum Gasteiger partial charge on any atom is -0.379 e. The van der Waals surface area contributed by atoms with Gasteiger partial charge in [-0.25, -0.2) is 5.48 Å². The zero-order valence-corrected chi connectivity index (χ0v) is 38.5. The maximum absolute atomic E-state index is 12.1. The summed E-state index contributed by atoms with van der Waals surface area (Å²) in [6, 6.07) is 15.7. The normalized spacial score (nSPS) is 12.2. The van der Waals surface area contributed by atoms with E-state index < -0.39 is 12.1 Å². The molecule has 0 heterocycles. The summed E-state index contributed by atoms with van der Waals surface area (Å²) in [5.74, 6) is -0.907. The number of rotatable bonds is 19. The molecule has 0 saturated carbocycles. The number of hydrogen-bond donors (Lipinski definition) is 6. The number of allylic oxidation sites excluding steroid dienone is 2. The van der Waals surface area contributed by atoms with Gasteiger partial charge in [-0.1, -0.05) is 115 Å². The van der Waals surface area contributed by atoms with Crippen molar-refractivity contribution in [1.82, 2.24) is 16.1 Å². The van der Waals surface area contributed by atoms with Gasteiger partial charge in [0, 0.05) is 25.4 Å². The molecule has 4 unspecified atom stereocenters. The second-order valence-corrected chi connectivity index (χ2v) is 13.6. The lowest BCUT2D eigenvalue weighted by molar-refractivity contribution is -0.129. The van der Waals surface area contributed by atoms with Crippen molar-refractivity contribution in [3.63, 3.8) is 0 Å². The molecule has 0 saturated heterocycles. The van der Waals surface area contributed by atoms with Crippen LogP contribution in [0.25, 0.3) is 0 Å². The highest BCUT2D eigenvalue weighted by Gasteiger charge is 2.27. The third-order valence-corrected chi connectivity index (χ3v) is 7.94. The van der Waals surface area contributed by atoms with Crippen molar-refractivity contribution in [3.05, 3.63) is 90.0 Å². The Morgan fingerprint density at radius 2 is 1.33 bits per heavy atom. The van der Waals surface area contributed by atoms with Crippen LogP contribution in [0, 0.1) is 18.8 Å². The highest BCUT2D eigenvalue weighted by atomic mass is 16.6. The van der Waals surface area contributed by atoms with Crippen LogP contribution in [0.15, 0.2) is 78.9 Å². The Balaban J connectivity index is -0.000000361. The van der Waals surface area contributed by atoms with E-state index in [-0.39, 0.29) is 48.3 Å². The van der Waals surface area contributed by atoms with E-state index in [0.29, 0.717) is 18.6 Å². The lowest BCUT2D eigenvalue weighted by Gasteiger charge is -2.26. The first kappa shape index (κ1) is 60.3. The Labute approximate surface area is 352 Å². The second kappa shape index (κ2) is 39.5. The van der Waals surface area contributed by atoms with Crippen LogP contribution in [0.3, 0.4) is 0 Å². The molecule has 0 spiro atoms. The monoisotopic (exact) mass is 815 g/mol. The Kier molecular flexibility index (Phi) is 41.0. The predicted octanol–water partition coefficient (Wildman–Crippen LogP) is 8.16. The van der Waals surface area contributed by atoms with Gasteiger partial charge in [0.15, 0.2) is 0 Å². The average Bonchev–Trinajstić information content (AvgIpc) is 3.20. The maximum atomic E-state index is 12.1. The molecular weight excluding hydrogens is 733 g/mol. The van der Waals surface area contributed by atoms with Crippen molar-refractivity contribution in [2.75, 3.05) is 19.0 Å². The first-order valence-electron chi connectivity index (χ1n) is 20.6. The van der Waals surface area contributed by atoms with Gasteiger partial charge >= 0.3 is 0 Å². The van der Waals surface area contributed by atoms with Crippen LogP contribution in [0.4, 0.5) is 5.69 Å². The molecule has 0 aromatic heterocycles. The molecule has 2 aromatic rings. The first-order valence-corrected chi connectivity index (χ1v) is 20.6. The third kappa shape index (κ3) is 32.7. The Morgan fingerprint density at radius 1 is 0.810 bits per heavy atom. The highest BCUT2D eigenvalue weighted by molar-refractivity contribution is 5.97. The maximum Gasteiger partial charge on any atom is 0.246 e. The predicted molar refractivity (Wildman–Crippen MR) is 244 cm³/mol. The zero-order chi connectivity index (χ0) is 45.6. The van der Waals surface area contributed by atoms with Crippen LogP contribution in [-0.4, -0.2) is 62.0 Å². The van der Waals surface area contributed by atoms with Crippen molar-refractivity contribution >= 4 is 29.8 Å². The van der Waals surface area contributed by atoms with Gasteiger partial charge in [-0.15, -0.1) is 13.2 Å². The number of benzene rings is 2. The molecule has 0 aliphatic carbocycles. The summed E-state index contributed by atoms with van der Waals surface area (Å²) in [6.07, 6.45) is 4.55. The molecule has 0 radical (unpaired) electrons. The fourth-order valence-corrected chi connectivity index (χ4v) is 4.46. The van der Waals surface area contributed by atoms with Crippen LogP contribution in [0.5, 0.6) is 0 Å². The lowest BCUT2D eigenvalue weighted by atomic mass is 9.96. The van der Waals surface area contributed by atoms with Gasteiger partial charge in [-0.05, 0) is 83.9 Å². The topological polar surface area (TPSA) is 187 Å². The molecule has 12 nitrogen and oxygen atoms in total. The van der Waals surface area contributed by atoms with Crippen molar-refractivity contribution in [2.45, 2.75) is 147 Å². The van der Waals surface area contributed by atoms with Crippen LogP contribution in [0.2, 0.25) is 0 Å². The fourth-order valence-electron chi connectivity index (χ4n) is 4.46. The van der Waals surface area contributed by atoms with E-state index in [4.69, 9.17) is 21.0 Å². The number of hydrogen-bond acceptors (Lipinski definition) is 8.